The molecule has 1 heterocycles. The summed E-state index contributed by atoms with van der Waals surface area (Å²) in [6, 6.07) is 43.3. The van der Waals surface area contributed by atoms with Crippen LogP contribution in [-0.2, 0) is 21.7 Å². The van der Waals surface area contributed by atoms with Crippen molar-refractivity contribution in [2.45, 2.75) is 117 Å². The Balaban J connectivity index is 1.39. The Bertz CT molecular complexity index is 2730. The molecule has 7 aromatic rings. The van der Waals surface area contributed by atoms with E-state index >= 15 is 0 Å². The van der Waals surface area contributed by atoms with Crippen LogP contribution in [0.1, 0.15) is 114 Å². The quantitative estimate of drug-likeness (QED) is 0.162. The van der Waals surface area contributed by atoms with Crippen molar-refractivity contribution in [2.75, 3.05) is 4.90 Å². The molecule has 300 valence electrons. The number of fused-ring (bicyclic) bond motifs is 3. The molecule has 0 radical (unpaired) electrons. The van der Waals surface area contributed by atoms with Crippen molar-refractivity contribution in [1.82, 2.24) is 0 Å². The lowest BCUT2D eigenvalue weighted by atomic mass is 9.62. The number of rotatable bonds is 6. The zero-order valence-corrected chi connectivity index (χ0v) is 38.2. The third-order valence-electron chi connectivity index (χ3n) is 14.2. The fraction of sp³-hybridized carbons (Fsp3) is 0.321. The molecular weight excluding hydrogens is 754 g/mol. The number of para-hydroxylation sites is 1. The van der Waals surface area contributed by atoms with E-state index in [0.29, 0.717) is 0 Å². The highest BCUT2D eigenvalue weighted by Gasteiger charge is 2.40. The highest BCUT2D eigenvalue weighted by atomic mass is 35.5. The molecule has 0 bridgehead atoms. The number of thiophene rings is 1. The average molecular weight is 813 g/mol. The highest BCUT2D eigenvalue weighted by Crippen LogP contribution is 2.55. The Labute approximate surface area is 362 Å². The first kappa shape index (κ1) is 39.8. The zero-order chi connectivity index (χ0) is 41.6. The van der Waals surface area contributed by atoms with Gasteiger partial charge in [0.25, 0.3) is 0 Å². The molecule has 0 unspecified atom stereocenters. The Morgan fingerprint density at radius 1 is 0.492 bits per heavy atom. The van der Waals surface area contributed by atoms with Crippen molar-refractivity contribution < 1.29 is 0 Å². The van der Waals surface area contributed by atoms with Gasteiger partial charge in [0, 0.05) is 32.5 Å². The van der Waals surface area contributed by atoms with Gasteiger partial charge in [-0.15, -0.1) is 11.3 Å². The van der Waals surface area contributed by atoms with Crippen molar-refractivity contribution in [2.24, 2.45) is 0 Å². The van der Waals surface area contributed by atoms with Crippen LogP contribution in [0.5, 0.6) is 0 Å². The van der Waals surface area contributed by atoms with E-state index < -0.39 is 0 Å². The SMILES string of the molecule is Cc1cccc(C)c1-c1cc(-c2csc3cc4c(cc23)C(C)(C)CCC4(C)C)c(Cl)c(N(c2ccccc2)c2cc3c(cc2-c2ccccc2)C(C)(C)CCC3(C)C)c1. The van der Waals surface area contributed by atoms with Crippen molar-refractivity contribution in [3.8, 4) is 33.4 Å². The standard InChI is InChI=1S/C56H58ClNS/c1-35-18-17-19-36(2)51(35)38-28-42(43-34-59-50-33-47-45(31-41(43)50)54(5,6)25-27-56(47,9)10)52(57)49(29-38)58(39-22-15-12-16-23-39)48-32-46-44(53(3,4)24-26-55(46,7)8)30-40(48)37-20-13-11-14-21-37/h11-23,28-34H,24-27H2,1-10H3. The average Bonchev–Trinajstić information content (AvgIpc) is 3.63. The summed E-state index contributed by atoms with van der Waals surface area (Å²) in [5.74, 6) is 0. The minimum atomic E-state index is 0.0172. The maximum Gasteiger partial charge on any atom is 0.0725 e. The first-order chi connectivity index (χ1) is 28.0. The number of benzene rings is 6. The number of nitrogens with zero attached hydrogens (tertiary/aromatic N) is 1. The fourth-order valence-electron chi connectivity index (χ4n) is 10.3. The van der Waals surface area contributed by atoms with Crippen LogP contribution in [0.15, 0.2) is 121 Å². The molecule has 2 aliphatic carbocycles. The summed E-state index contributed by atoms with van der Waals surface area (Å²) in [4.78, 5) is 2.46. The van der Waals surface area contributed by atoms with Crippen LogP contribution in [-0.4, -0.2) is 0 Å². The molecule has 0 spiro atoms. The number of hydrogen-bond donors (Lipinski definition) is 0. The van der Waals surface area contributed by atoms with E-state index in [1.807, 2.05) is 11.3 Å². The minimum Gasteiger partial charge on any atom is -0.308 e. The second-order valence-corrected chi connectivity index (χ2v) is 21.4. The molecule has 0 fully saturated rings. The van der Waals surface area contributed by atoms with Crippen LogP contribution < -0.4 is 4.90 Å². The van der Waals surface area contributed by atoms with Gasteiger partial charge in [-0.3, -0.25) is 0 Å². The highest BCUT2D eigenvalue weighted by molar-refractivity contribution is 7.17. The molecule has 3 heteroatoms. The van der Waals surface area contributed by atoms with Gasteiger partial charge in [-0.05, 0) is 165 Å². The van der Waals surface area contributed by atoms with E-state index in [9.17, 15) is 0 Å². The van der Waals surface area contributed by atoms with Crippen LogP contribution in [0.2, 0.25) is 5.02 Å². The topological polar surface area (TPSA) is 3.24 Å². The third-order valence-corrected chi connectivity index (χ3v) is 15.6. The molecule has 6 aromatic carbocycles. The summed E-state index contributed by atoms with van der Waals surface area (Å²) in [5.41, 5.74) is 19.0. The fourth-order valence-corrected chi connectivity index (χ4v) is 11.6. The second kappa shape index (κ2) is 14.2. The van der Waals surface area contributed by atoms with Crippen LogP contribution in [0.25, 0.3) is 43.5 Å². The van der Waals surface area contributed by atoms with E-state index in [1.54, 1.807) is 0 Å². The van der Waals surface area contributed by atoms with E-state index in [4.69, 9.17) is 11.6 Å². The normalized spacial score (nSPS) is 17.3. The molecule has 0 atom stereocenters. The Kier molecular flexibility index (Phi) is 9.61. The lowest BCUT2D eigenvalue weighted by Gasteiger charge is -2.43. The van der Waals surface area contributed by atoms with Crippen LogP contribution in [0, 0.1) is 13.8 Å². The summed E-state index contributed by atoms with van der Waals surface area (Å²) in [6.45, 7) is 23.9. The van der Waals surface area contributed by atoms with Gasteiger partial charge in [-0.25, -0.2) is 0 Å². The molecule has 0 saturated heterocycles. The van der Waals surface area contributed by atoms with Gasteiger partial charge in [0.2, 0.25) is 0 Å². The zero-order valence-electron chi connectivity index (χ0n) is 36.6. The van der Waals surface area contributed by atoms with Crippen LogP contribution in [0.3, 0.4) is 0 Å². The first-order valence-electron chi connectivity index (χ1n) is 21.5. The van der Waals surface area contributed by atoms with E-state index in [0.717, 1.165) is 40.5 Å². The maximum atomic E-state index is 8.08. The third kappa shape index (κ3) is 6.76. The van der Waals surface area contributed by atoms with Gasteiger partial charge < -0.3 is 4.90 Å². The van der Waals surface area contributed by atoms with Gasteiger partial charge >= 0.3 is 0 Å². The molecule has 0 aliphatic heterocycles. The van der Waals surface area contributed by atoms with E-state index in [2.05, 4.69) is 195 Å². The number of halogens is 1. The smallest absolute Gasteiger partial charge is 0.0725 e. The summed E-state index contributed by atoms with van der Waals surface area (Å²) in [6.07, 6.45) is 4.66. The summed E-state index contributed by atoms with van der Waals surface area (Å²) in [7, 11) is 0. The summed E-state index contributed by atoms with van der Waals surface area (Å²) in [5, 5.41) is 4.42. The second-order valence-electron chi connectivity index (χ2n) is 20.2. The van der Waals surface area contributed by atoms with Crippen LogP contribution in [0.4, 0.5) is 17.1 Å². The molecule has 1 aromatic heterocycles. The predicted octanol–water partition coefficient (Wildman–Crippen LogP) is 17.3. The molecular formula is C56H58ClNS. The molecule has 9 rings (SSSR count). The number of hydrogen-bond acceptors (Lipinski definition) is 2. The van der Waals surface area contributed by atoms with Crippen molar-refractivity contribution in [3.63, 3.8) is 0 Å². The molecule has 2 aliphatic rings. The van der Waals surface area contributed by atoms with Crippen LogP contribution >= 0.6 is 22.9 Å². The molecule has 1 nitrogen and oxygen atoms in total. The molecule has 0 saturated carbocycles. The first-order valence-corrected chi connectivity index (χ1v) is 22.8. The Morgan fingerprint density at radius 3 is 1.61 bits per heavy atom. The number of aryl methyl sites for hydroxylation is 2. The van der Waals surface area contributed by atoms with Crippen molar-refractivity contribution in [1.29, 1.82) is 0 Å². The lowest BCUT2D eigenvalue weighted by molar-refractivity contribution is 0.332. The number of anilines is 3. The van der Waals surface area contributed by atoms with Gasteiger partial charge in [0.15, 0.2) is 0 Å². The summed E-state index contributed by atoms with van der Waals surface area (Å²) < 4.78 is 1.32. The van der Waals surface area contributed by atoms with Gasteiger partial charge in [0.05, 0.1) is 16.4 Å². The summed E-state index contributed by atoms with van der Waals surface area (Å²) >= 11 is 9.93. The predicted molar refractivity (Wildman–Crippen MR) is 258 cm³/mol. The van der Waals surface area contributed by atoms with Gasteiger partial charge in [-0.2, -0.15) is 0 Å². The van der Waals surface area contributed by atoms with E-state index in [-0.39, 0.29) is 21.7 Å². The van der Waals surface area contributed by atoms with Crippen molar-refractivity contribution in [3.05, 3.63) is 159 Å². The minimum absolute atomic E-state index is 0.0172. The van der Waals surface area contributed by atoms with Gasteiger partial charge in [0.1, 0.15) is 0 Å². The monoisotopic (exact) mass is 811 g/mol. The van der Waals surface area contributed by atoms with Gasteiger partial charge in [-0.1, -0.05) is 134 Å². The maximum absolute atomic E-state index is 8.08. The Hall–Kier alpha value is -4.63. The molecule has 0 amide bonds. The van der Waals surface area contributed by atoms with Crippen molar-refractivity contribution >= 4 is 50.1 Å². The Morgan fingerprint density at radius 2 is 1.02 bits per heavy atom. The lowest BCUT2D eigenvalue weighted by Crippen LogP contribution is -2.34. The van der Waals surface area contributed by atoms with E-state index in [1.165, 1.54) is 84.1 Å². The largest absolute Gasteiger partial charge is 0.308 e. The molecule has 59 heavy (non-hydrogen) atoms. The molecule has 0 N–H and O–H groups in total.